The van der Waals surface area contributed by atoms with E-state index in [1.54, 1.807) is 0 Å². The summed E-state index contributed by atoms with van der Waals surface area (Å²) in [5.41, 5.74) is 0. The minimum atomic E-state index is 0.663. The van der Waals surface area contributed by atoms with Crippen molar-refractivity contribution in [1.29, 1.82) is 5.26 Å². The maximum Gasteiger partial charge on any atom is 0.0635 e. The lowest BCUT2D eigenvalue weighted by atomic mass is 10.1. The average molecular weight is 167 g/mol. The number of nitrogens with zero attached hydrogens (tertiary/aromatic N) is 2. The van der Waals surface area contributed by atoms with Crippen molar-refractivity contribution in [3.05, 3.63) is 0 Å². The molecule has 12 heavy (non-hydrogen) atoms. The first-order valence-corrected chi connectivity index (χ1v) is 4.70. The van der Waals surface area contributed by atoms with Crippen LogP contribution in [0.3, 0.4) is 0 Å². The van der Waals surface area contributed by atoms with Gasteiger partial charge in [0.1, 0.15) is 0 Å². The van der Waals surface area contributed by atoms with Crippen LogP contribution in [0.15, 0.2) is 0 Å². The van der Waals surface area contributed by atoms with Crippen LogP contribution in [0, 0.1) is 11.3 Å². The van der Waals surface area contributed by atoms with Gasteiger partial charge in [0.2, 0.25) is 0 Å². The number of rotatable bonds is 5. The van der Waals surface area contributed by atoms with Crippen molar-refractivity contribution in [3.8, 4) is 6.07 Å². The van der Waals surface area contributed by atoms with E-state index in [1.807, 2.05) is 0 Å². The molecule has 0 aromatic heterocycles. The standard InChI is InChI=1S/C9H17N3/c1-2-5-12(6-3-4-10)9-7-11-8-9/h9,11H,2-3,5-8H2,1H3. The van der Waals surface area contributed by atoms with Crippen LogP contribution in [0.2, 0.25) is 0 Å². The molecule has 0 amide bonds. The first kappa shape index (κ1) is 9.50. The highest BCUT2D eigenvalue weighted by Crippen LogP contribution is 2.06. The molecule has 0 saturated carbocycles. The summed E-state index contributed by atoms with van der Waals surface area (Å²) in [6, 6.07) is 2.89. The Morgan fingerprint density at radius 3 is 2.67 bits per heavy atom. The first-order valence-electron chi connectivity index (χ1n) is 4.70. The molecule has 0 spiro atoms. The molecule has 0 bridgehead atoms. The lowest BCUT2D eigenvalue weighted by Crippen LogP contribution is -2.57. The fraction of sp³-hybridized carbons (Fsp3) is 0.889. The molecule has 1 aliphatic rings. The first-order chi connectivity index (χ1) is 5.88. The highest BCUT2D eigenvalue weighted by molar-refractivity contribution is 4.86. The molecule has 0 aliphatic carbocycles. The summed E-state index contributed by atoms with van der Waals surface area (Å²) in [4.78, 5) is 2.42. The monoisotopic (exact) mass is 167 g/mol. The summed E-state index contributed by atoms with van der Waals surface area (Å²) >= 11 is 0. The van der Waals surface area contributed by atoms with E-state index in [2.05, 4.69) is 23.2 Å². The van der Waals surface area contributed by atoms with E-state index in [-0.39, 0.29) is 0 Å². The molecule has 1 N–H and O–H groups in total. The molecule has 1 heterocycles. The van der Waals surface area contributed by atoms with Gasteiger partial charge in [-0.05, 0) is 13.0 Å². The summed E-state index contributed by atoms with van der Waals surface area (Å²) in [7, 11) is 0. The van der Waals surface area contributed by atoms with Gasteiger partial charge in [-0.3, -0.25) is 4.90 Å². The van der Waals surface area contributed by atoms with Crippen LogP contribution >= 0.6 is 0 Å². The molecule has 0 radical (unpaired) electrons. The second-order valence-electron chi connectivity index (χ2n) is 3.26. The van der Waals surface area contributed by atoms with E-state index in [0.29, 0.717) is 12.5 Å². The fourth-order valence-electron chi connectivity index (χ4n) is 1.49. The maximum absolute atomic E-state index is 8.46. The predicted molar refractivity (Wildman–Crippen MR) is 48.8 cm³/mol. The Hall–Kier alpha value is -0.590. The lowest BCUT2D eigenvalue weighted by Gasteiger charge is -2.37. The molecule has 0 aromatic rings. The Balaban J connectivity index is 2.22. The highest BCUT2D eigenvalue weighted by atomic mass is 15.2. The summed E-state index contributed by atoms with van der Waals surface area (Å²) in [5, 5.41) is 11.7. The van der Waals surface area contributed by atoms with E-state index in [4.69, 9.17) is 5.26 Å². The SMILES string of the molecule is CCCN(CCC#N)C1CNC1. The van der Waals surface area contributed by atoms with Crippen molar-refractivity contribution in [1.82, 2.24) is 10.2 Å². The molecule has 0 aromatic carbocycles. The summed E-state index contributed by atoms with van der Waals surface area (Å²) < 4.78 is 0. The van der Waals surface area contributed by atoms with E-state index >= 15 is 0 Å². The van der Waals surface area contributed by atoms with E-state index in [9.17, 15) is 0 Å². The topological polar surface area (TPSA) is 39.1 Å². The van der Waals surface area contributed by atoms with Crippen molar-refractivity contribution >= 4 is 0 Å². The Kier molecular flexibility index (Phi) is 4.06. The Morgan fingerprint density at radius 1 is 1.50 bits per heavy atom. The maximum atomic E-state index is 8.46. The van der Waals surface area contributed by atoms with Gasteiger partial charge in [0, 0.05) is 32.1 Å². The van der Waals surface area contributed by atoms with Gasteiger partial charge in [-0.15, -0.1) is 0 Å². The van der Waals surface area contributed by atoms with Crippen molar-refractivity contribution < 1.29 is 0 Å². The second-order valence-corrected chi connectivity index (χ2v) is 3.26. The smallest absolute Gasteiger partial charge is 0.0635 e. The lowest BCUT2D eigenvalue weighted by molar-refractivity contribution is 0.148. The van der Waals surface area contributed by atoms with Gasteiger partial charge in [0.05, 0.1) is 6.07 Å². The minimum Gasteiger partial charge on any atom is -0.314 e. The minimum absolute atomic E-state index is 0.663. The molecule has 3 nitrogen and oxygen atoms in total. The third kappa shape index (κ3) is 2.47. The average Bonchev–Trinajstić information content (AvgIpc) is 1.97. The summed E-state index contributed by atoms with van der Waals surface area (Å²) in [6.07, 6.45) is 1.85. The number of nitriles is 1. The van der Waals surface area contributed by atoms with Crippen LogP contribution in [0.25, 0.3) is 0 Å². The third-order valence-corrected chi connectivity index (χ3v) is 2.30. The number of hydrogen-bond acceptors (Lipinski definition) is 3. The van der Waals surface area contributed by atoms with Gasteiger partial charge in [-0.25, -0.2) is 0 Å². The van der Waals surface area contributed by atoms with Gasteiger partial charge in [0.15, 0.2) is 0 Å². The van der Waals surface area contributed by atoms with Crippen LogP contribution < -0.4 is 5.32 Å². The molecule has 1 aliphatic heterocycles. The van der Waals surface area contributed by atoms with Crippen LogP contribution in [0.5, 0.6) is 0 Å². The molecule has 0 unspecified atom stereocenters. The molecule has 1 saturated heterocycles. The van der Waals surface area contributed by atoms with Crippen molar-refractivity contribution in [2.24, 2.45) is 0 Å². The largest absolute Gasteiger partial charge is 0.314 e. The van der Waals surface area contributed by atoms with E-state index in [1.165, 1.54) is 6.42 Å². The van der Waals surface area contributed by atoms with Gasteiger partial charge in [-0.1, -0.05) is 6.92 Å². The highest BCUT2D eigenvalue weighted by Gasteiger charge is 2.22. The van der Waals surface area contributed by atoms with Crippen LogP contribution in [0.1, 0.15) is 19.8 Å². The van der Waals surface area contributed by atoms with Crippen LogP contribution in [0.4, 0.5) is 0 Å². The van der Waals surface area contributed by atoms with Gasteiger partial charge >= 0.3 is 0 Å². The van der Waals surface area contributed by atoms with Gasteiger partial charge < -0.3 is 5.32 Å². The Labute approximate surface area is 74.4 Å². The van der Waals surface area contributed by atoms with Crippen molar-refractivity contribution in [3.63, 3.8) is 0 Å². The molecule has 0 atom stereocenters. The molecular formula is C9H17N3. The zero-order chi connectivity index (χ0) is 8.81. The summed E-state index contributed by atoms with van der Waals surface area (Å²) in [6.45, 7) is 6.47. The van der Waals surface area contributed by atoms with Crippen LogP contribution in [-0.2, 0) is 0 Å². The van der Waals surface area contributed by atoms with Gasteiger partial charge in [-0.2, -0.15) is 5.26 Å². The third-order valence-electron chi connectivity index (χ3n) is 2.30. The van der Waals surface area contributed by atoms with E-state index < -0.39 is 0 Å². The van der Waals surface area contributed by atoms with Crippen molar-refractivity contribution in [2.45, 2.75) is 25.8 Å². The molecule has 1 rings (SSSR count). The fourth-order valence-corrected chi connectivity index (χ4v) is 1.49. The zero-order valence-electron chi connectivity index (χ0n) is 7.71. The van der Waals surface area contributed by atoms with E-state index in [0.717, 1.165) is 26.2 Å². The summed E-state index contributed by atoms with van der Waals surface area (Å²) in [5.74, 6) is 0. The zero-order valence-corrected chi connectivity index (χ0v) is 7.71. The number of hydrogen-bond donors (Lipinski definition) is 1. The second kappa shape index (κ2) is 5.13. The Bertz CT molecular complexity index is 158. The molecule has 68 valence electrons. The Morgan fingerprint density at radius 2 is 2.25 bits per heavy atom. The number of nitrogens with one attached hydrogen (secondary N) is 1. The molecule has 3 heteroatoms. The van der Waals surface area contributed by atoms with Gasteiger partial charge in [0.25, 0.3) is 0 Å². The normalized spacial score (nSPS) is 17.4. The predicted octanol–water partition coefficient (Wildman–Crippen LogP) is 0.584. The van der Waals surface area contributed by atoms with Crippen molar-refractivity contribution in [2.75, 3.05) is 26.2 Å². The molecule has 1 fully saturated rings. The van der Waals surface area contributed by atoms with Crippen LogP contribution in [-0.4, -0.2) is 37.1 Å². The quantitative estimate of drug-likeness (QED) is 0.651. The molecular weight excluding hydrogens is 150 g/mol.